The molecule has 6 aromatic carbocycles. The lowest BCUT2D eigenvalue weighted by molar-refractivity contribution is -0.0000227. The van der Waals surface area contributed by atoms with Crippen LogP contribution in [-0.2, 0) is 10.9 Å². The van der Waals surface area contributed by atoms with E-state index in [1.54, 1.807) is 67.0 Å². The second-order valence-electron chi connectivity index (χ2n) is 16.4. The van der Waals surface area contributed by atoms with Gasteiger partial charge in [-0.3, -0.25) is 12.9 Å². The average molecular weight is 1060 g/mol. The standard InChI is InChI=1S/C32H22F4NO3S2.C23H23NO3.BF3.FH/c1-19(39-32-4-2-3-13-37-32)18-38-20-5-7-21(8-6-20)40-22-9-11-23(12-10-22)42-30-16-26(35)24(33)14-28(30)41-29-15-25(34)27(36)17-31(29)42;1-17(26-23-4-2-3-15-24-23)16-25-20-11-13-22(14-12-20)27-21-9-7-19(8-10-21)18-5-6-18;2-1(3)4;/h2-17,19H,18H2,1H3;2-4,7-15,17-18H,5-6,16H2,1H3;;1H/q+1;;;/p-1. The molecule has 19 heteroatoms. The molecule has 0 saturated heterocycles. The molecule has 1 aliphatic heterocycles. The number of nitrogens with zero attached hydrogens (tertiary/aromatic N) is 2. The van der Waals surface area contributed by atoms with Gasteiger partial charge in [0.05, 0.1) is 9.79 Å². The predicted octanol–water partition coefficient (Wildman–Crippen LogP) is 12.3. The van der Waals surface area contributed by atoms with Gasteiger partial charge in [-0.2, -0.15) is 0 Å². The van der Waals surface area contributed by atoms with Crippen LogP contribution in [0, 0.1) is 23.3 Å². The summed E-state index contributed by atoms with van der Waals surface area (Å²) in [5, 5.41) is 0. The van der Waals surface area contributed by atoms with E-state index in [1.807, 2.05) is 80.6 Å². The first-order valence-corrected chi connectivity index (χ1v) is 24.9. The summed E-state index contributed by atoms with van der Waals surface area (Å²) in [4.78, 5) is 10.9. The Labute approximate surface area is 429 Å². The highest BCUT2D eigenvalue weighted by atomic mass is 32.2. The summed E-state index contributed by atoms with van der Waals surface area (Å²) < 4.78 is 121. The van der Waals surface area contributed by atoms with Gasteiger partial charge < -0.3 is 33.1 Å². The van der Waals surface area contributed by atoms with Crippen LogP contribution in [0.25, 0.3) is 0 Å². The van der Waals surface area contributed by atoms with Gasteiger partial charge in [0.15, 0.2) is 38.0 Å². The first kappa shape index (κ1) is 54.4. The number of aromatic nitrogens is 2. The van der Waals surface area contributed by atoms with Crippen LogP contribution >= 0.6 is 11.8 Å². The van der Waals surface area contributed by atoms with Crippen LogP contribution in [0.15, 0.2) is 195 Å². The van der Waals surface area contributed by atoms with Crippen molar-refractivity contribution in [1.82, 2.24) is 9.97 Å². The molecule has 382 valence electrons. The van der Waals surface area contributed by atoms with E-state index in [-0.39, 0.29) is 16.9 Å². The molecule has 1 aliphatic carbocycles. The normalized spacial score (nSPS) is 13.1. The second-order valence-corrected chi connectivity index (χ2v) is 19.4. The number of ether oxygens (including phenoxy) is 6. The van der Waals surface area contributed by atoms with Gasteiger partial charge in [-0.05, 0) is 147 Å². The molecule has 3 heterocycles. The third-order valence-corrected chi connectivity index (χ3v) is 14.3. The molecule has 0 radical (unpaired) electrons. The van der Waals surface area contributed by atoms with E-state index in [0.29, 0.717) is 66.7 Å². The zero-order valence-corrected chi connectivity index (χ0v) is 41.1. The Morgan fingerprint density at radius 1 is 0.527 bits per heavy atom. The first-order valence-electron chi connectivity index (χ1n) is 22.8. The Morgan fingerprint density at radius 3 is 1.27 bits per heavy atom. The third-order valence-electron chi connectivity index (χ3n) is 10.6. The maximum absolute atomic E-state index is 14.3. The van der Waals surface area contributed by atoms with Crippen LogP contribution in [0.2, 0.25) is 0 Å². The quantitative estimate of drug-likeness (QED) is 0.0534. The summed E-state index contributed by atoms with van der Waals surface area (Å²) in [6, 6.07) is 45.7. The number of halogens is 8. The molecule has 0 N–H and O–H groups in total. The van der Waals surface area contributed by atoms with Gasteiger partial charge in [0, 0.05) is 36.7 Å². The number of benzene rings is 6. The van der Waals surface area contributed by atoms with Gasteiger partial charge in [0.1, 0.15) is 70.8 Å². The van der Waals surface area contributed by atoms with Crippen LogP contribution in [0.4, 0.5) is 30.5 Å². The van der Waals surface area contributed by atoms with Crippen LogP contribution in [0.1, 0.15) is 38.2 Å². The molecule has 10 rings (SSSR count). The van der Waals surface area contributed by atoms with Crippen molar-refractivity contribution in [1.29, 1.82) is 0 Å². The van der Waals surface area contributed by atoms with E-state index in [9.17, 15) is 30.5 Å². The topological polar surface area (TPSA) is 81.2 Å². The molecule has 1 saturated carbocycles. The van der Waals surface area contributed by atoms with E-state index in [4.69, 9.17) is 28.4 Å². The van der Waals surface area contributed by atoms with Gasteiger partial charge in [-0.15, -0.1) is 0 Å². The summed E-state index contributed by atoms with van der Waals surface area (Å²) in [6.45, 7) is 4.62. The van der Waals surface area contributed by atoms with Gasteiger partial charge in [-0.25, -0.2) is 27.5 Å². The highest BCUT2D eigenvalue weighted by Gasteiger charge is 2.40. The fraction of sp³-hybridized carbons (Fsp3) is 0.164. The van der Waals surface area contributed by atoms with Crippen molar-refractivity contribution >= 4 is 30.2 Å². The van der Waals surface area contributed by atoms with Gasteiger partial charge >= 0.3 is 7.54 Å². The third kappa shape index (κ3) is 15.6. The van der Waals surface area contributed by atoms with E-state index in [2.05, 4.69) is 22.1 Å². The van der Waals surface area contributed by atoms with Crippen molar-refractivity contribution in [3.8, 4) is 46.3 Å². The number of pyridine rings is 2. The van der Waals surface area contributed by atoms with Gasteiger partial charge in [0.2, 0.25) is 11.8 Å². The second kappa shape index (κ2) is 26.0. The minimum Gasteiger partial charge on any atom is -1.00 e. The maximum Gasteiger partial charge on any atom is 0.762 e. The van der Waals surface area contributed by atoms with Crippen LogP contribution in [0.3, 0.4) is 0 Å². The average Bonchev–Trinajstić information content (AvgIpc) is 4.24. The summed E-state index contributed by atoms with van der Waals surface area (Å²) in [7, 11) is -4.66. The molecule has 8 nitrogen and oxygen atoms in total. The molecule has 0 spiro atoms. The fourth-order valence-corrected chi connectivity index (χ4v) is 10.8. The molecule has 74 heavy (non-hydrogen) atoms. The Morgan fingerprint density at radius 2 is 0.892 bits per heavy atom. The minimum atomic E-state index is -3.67. The summed E-state index contributed by atoms with van der Waals surface area (Å²) >= 11 is 1.09. The molecule has 0 amide bonds. The SMILES string of the molecule is CC(COc1ccc(Oc2ccc(C3CC3)cc2)cc1)Oc1ccccn1.CC(COc1ccc(Oc2ccc([S+]3c4cc(F)c(F)cc4Sc4cc(F)c(F)cc43)cc2)cc1)Oc1ccccn1.FB(F)F.[F-]. The molecule has 2 unspecified atom stereocenters. The maximum atomic E-state index is 14.3. The van der Waals surface area contributed by atoms with E-state index in [0.717, 1.165) is 59.2 Å². The van der Waals surface area contributed by atoms with E-state index >= 15 is 0 Å². The van der Waals surface area contributed by atoms with E-state index in [1.165, 1.54) is 18.4 Å². The van der Waals surface area contributed by atoms with Crippen LogP contribution < -0.4 is 33.1 Å². The molecule has 0 bridgehead atoms. The fourth-order valence-electron chi connectivity index (χ4n) is 7.08. The molecular weight excluding hydrogens is 1010 g/mol. The predicted molar refractivity (Wildman–Crippen MR) is 266 cm³/mol. The lowest BCUT2D eigenvalue weighted by atomic mass is 10.1. The number of rotatable bonds is 16. The minimum absolute atomic E-state index is 0. The van der Waals surface area contributed by atoms with Crippen molar-refractivity contribution in [3.05, 3.63) is 199 Å². The summed E-state index contributed by atoms with van der Waals surface area (Å²) in [6.07, 6.45) is 5.69. The summed E-state index contributed by atoms with van der Waals surface area (Å²) in [5.41, 5.74) is 1.41. The zero-order valence-electron chi connectivity index (χ0n) is 39.5. The molecule has 8 aromatic rings. The smallest absolute Gasteiger partial charge is 0.762 e. The molecule has 2 atom stereocenters. The number of fused-ring (bicyclic) bond motifs is 2. The van der Waals surface area contributed by atoms with E-state index < -0.39 is 41.7 Å². The highest BCUT2D eigenvalue weighted by Crippen LogP contribution is 2.50. The molecule has 1 fully saturated rings. The van der Waals surface area contributed by atoms with Crippen molar-refractivity contribution < 1.29 is 63.6 Å². The molecule has 2 aromatic heterocycles. The summed E-state index contributed by atoms with van der Waals surface area (Å²) in [5.74, 6) is 2.09. The Balaban J connectivity index is 0.000000215. The Bertz CT molecular complexity index is 2970. The van der Waals surface area contributed by atoms with Crippen molar-refractivity contribution in [2.24, 2.45) is 0 Å². The Hall–Kier alpha value is -7.38. The van der Waals surface area contributed by atoms with Crippen molar-refractivity contribution in [2.75, 3.05) is 13.2 Å². The van der Waals surface area contributed by atoms with Gasteiger partial charge in [-0.1, -0.05) is 36.0 Å². The lowest BCUT2D eigenvalue weighted by Gasteiger charge is -2.19. The van der Waals surface area contributed by atoms with Gasteiger partial charge in [0.25, 0.3) is 0 Å². The molecular formula is C55H45BF8N2O6S2. The van der Waals surface area contributed by atoms with Crippen LogP contribution in [-0.4, -0.2) is 42.9 Å². The van der Waals surface area contributed by atoms with Crippen molar-refractivity contribution in [2.45, 2.75) is 69.3 Å². The highest BCUT2D eigenvalue weighted by molar-refractivity contribution is 8.04. The lowest BCUT2D eigenvalue weighted by Crippen LogP contribution is -3.00. The first-order chi connectivity index (χ1) is 35.3. The number of hydrogen-bond donors (Lipinski definition) is 0. The largest absolute Gasteiger partial charge is 1.00 e. The van der Waals surface area contributed by atoms with Crippen molar-refractivity contribution in [3.63, 3.8) is 0 Å². The zero-order chi connectivity index (χ0) is 51.3. The number of hydrogen-bond acceptors (Lipinski definition) is 9. The molecule has 2 aliphatic rings. The Kier molecular flexibility index (Phi) is 19.1. The monoisotopic (exact) mass is 1060 g/mol. The van der Waals surface area contributed by atoms with Crippen LogP contribution in [0.5, 0.6) is 46.3 Å².